The Morgan fingerprint density at radius 1 is 1.03 bits per heavy atom. The number of nitrogens with two attached hydrogens (primary N) is 1. The molecule has 2 N–H and O–H groups in total. The van der Waals surface area contributed by atoms with Crippen LogP contribution in [0, 0.1) is 5.92 Å². The Hall–Kier alpha value is -1.95. The number of carbonyl (C=O) groups is 1. The summed E-state index contributed by atoms with van der Waals surface area (Å²) in [4.78, 5) is 15.6. The third kappa shape index (κ3) is 6.31. The Balaban J connectivity index is 1.86. The van der Waals surface area contributed by atoms with Crippen molar-refractivity contribution in [1.82, 2.24) is 4.90 Å². The minimum atomic E-state index is -0.501. The minimum absolute atomic E-state index is 0.0135. The second-order valence-corrected chi connectivity index (χ2v) is 8.97. The second-order valence-electron chi connectivity index (χ2n) is 8.97. The highest BCUT2D eigenvalue weighted by Crippen LogP contribution is 2.28. The summed E-state index contributed by atoms with van der Waals surface area (Å²) < 4.78 is 11.7. The molecule has 0 radical (unpaired) electrons. The molecule has 2 atom stereocenters. The van der Waals surface area contributed by atoms with Gasteiger partial charge in [0.15, 0.2) is 6.29 Å². The standard InChI is InChI=1S/C27H40N2O3/c1-4-31-27(32-5-2)20(3)29(26(30)25(28)18-21-12-7-6-8-13-21)19-23-16-11-15-22-14-9-10-17-24(22)23/h9-11,14-17,20-21,25,27H,4-8,12-13,18-19,28H2,1-3H3. The zero-order valence-corrected chi connectivity index (χ0v) is 20.0. The molecule has 3 rings (SSSR count). The lowest BCUT2D eigenvalue weighted by Crippen LogP contribution is -2.52. The van der Waals surface area contributed by atoms with Gasteiger partial charge in [0.1, 0.15) is 0 Å². The van der Waals surface area contributed by atoms with E-state index in [9.17, 15) is 4.79 Å². The summed E-state index contributed by atoms with van der Waals surface area (Å²) in [5.41, 5.74) is 7.64. The van der Waals surface area contributed by atoms with Gasteiger partial charge in [-0.2, -0.15) is 0 Å². The summed E-state index contributed by atoms with van der Waals surface area (Å²) in [6, 6.07) is 13.8. The van der Waals surface area contributed by atoms with Gasteiger partial charge in [-0.05, 0) is 49.4 Å². The fraction of sp³-hybridized carbons (Fsp3) is 0.593. The van der Waals surface area contributed by atoms with Crippen LogP contribution in [0.2, 0.25) is 0 Å². The van der Waals surface area contributed by atoms with E-state index in [1.165, 1.54) is 37.5 Å². The van der Waals surface area contributed by atoms with Gasteiger partial charge in [-0.15, -0.1) is 0 Å². The number of nitrogens with zero attached hydrogens (tertiary/aromatic N) is 1. The molecule has 1 aliphatic carbocycles. The van der Waals surface area contributed by atoms with E-state index in [-0.39, 0.29) is 11.9 Å². The van der Waals surface area contributed by atoms with Gasteiger partial charge in [-0.25, -0.2) is 0 Å². The lowest BCUT2D eigenvalue weighted by Gasteiger charge is -2.36. The minimum Gasteiger partial charge on any atom is -0.351 e. The van der Waals surface area contributed by atoms with Crippen molar-refractivity contribution < 1.29 is 14.3 Å². The first-order valence-electron chi connectivity index (χ1n) is 12.3. The zero-order valence-electron chi connectivity index (χ0n) is 20.0. The highest BCUT2D eigenvalue weighted by Gasteiger charge is 2.32. The average Bonchev–Trinajstić information content (AvgIpc) is 2.82. The van der Waals surface area contributed by atoms with Crippen LogP contribution in [0.15, 0.2) is 42.5 Å². The molecule has 1 amide bonds. The lowest BCUT2D eigenvalue weighted by molar-refractivity contribution is -0.179. The maximum absolute atomic E-state index is 13.7. The molecule has 2 aromatic carbocycles. The van der Waals surface area contributed by atoms with Crippen molar-refractivity contribution in [2.45, 2.75) is 84.2 Å². The second kappa shape index (κ2) is 12.3. The highest BCUT2D eigenvalue weighted by atomic mass is 16.7. The Morgan fingerprint density at radius 2 is 1.69 bits per heavy atom. The average molecular weight is 441 g/mol. The van der Waals surface area contributed by atoms with Crippen LogP contribution in [0.4, 0.5) is 0 Å². The van der Waals surface area contributed by atoms with E-state index in [0.717, 1.165) is 17.4 Å². The summed E-state index contributed by atoms with van der Waals surface area (Å²) in [5, 5.41) is 2.33. The van der Waals surface area contributed by atoms with Gasteiger partial charge < -0.3 is 20.1 Å². The van der Waals surface area contributed by atoms with Crippen LogP contribution >= 0.6 is 0 Å². The maximum Gasteiger partial charge on any atom is 0.240 e. The summed E-state index contributed by atoms with van der Waals surface area (Å²) in [6.45, 7) is 7.44. The van der Waals surface area contributed by atoms with Gasteiger partial charge in [-0.3, -0.25) is 4.79 Å². The number of benzene rings is 2. The molecule has 5 nitrogen and oxygen atoms in total. The predicted molar refractivity (Wildman–Crippen MR) is 130 cm³/mol. The van der Waals surface area contributed by atoms with Crippen LogP contribution in [0.25, 0.3) is 10.8 Å². The molecular formula is C27H40N2O3. The van der Waals surface area contributed by atoms with Crippen molar-refractivity contribution in [3.8, 4) is 0 Å². The highest BCUT2D eigenvalue weighted by molar-refractivity contribution is 5.87. The van der Waals surface area contributed by atoms with Crippen molar-refractivity contribution in [3.63, 3.8) is 0 Å². The van der Waals surface area contributed by atoms with Crippen molar-refractivity contribution in [1.29, 1.82) is 0 Å². The topological polar surface area (TPSA) is 64.8 Å². The van der Waals surface area contributed by atoms with Crippen LogP contribution in [-0.2, 0) is 20.8 Å². The summed E-state index contributed by atoms with van der Waals surface area (Å²) >= 11 is 0. The molecule has 0 bridgehead atoms. The van der Waals surface area contributed by atoms with E-state index in [4.69, 9.17) is 15.2 Å². The van der Waals surface area contributed by atoms with Crippen molar-refractivity contribution in [2.24, 2.45) is 11.7 Å². The van der Waals surface area contributed by atoms with E-state index in [1.807, 2.05) is 37.8 Å². The monoisotopic (exact) mass is 440 g/mol. The van der Waals surface area contributed by atoms with Crippen LogP contribution < -0.4 is 5.73 Å². The van der Waals surface area contributed by atoms with Crippen LogP contribution in [0.5, 0.6) is 0 Å². The van der Waals surface area contributed by atoms with Crippen LogP contribution in [-0.4, -0.2) is 42.4 Å². The predicted octanol–water partition coefficient (Wildman–Crippen LogP) is 5.25. The van der Waals surface area contributed by atoms with Crippen molar-refractivity contribution in [3.05, 3.63) is 48.0 Å². The zero-order chi connectivity index (χ0) is 22.9. The Bertz CT molecular complexity index is 838. The Kier molecular flexibility index (Phi) is 9.51. The normalized spacial score (nSPS) is 16.9. The van der Waals surface area contributed by atoms with E-state index in [0.29, 0.717) is 25.7 Å². The van der Waals surface area contributed by atoms with Crippen molar-refractivity contribution in [2.75, 3.05) is 13.2 Å². The molecule has 2 unspecified atom stereocenters. The molecule has 0 saturated heterocycles. The molecule has 5 heteroatoms. The van der Waals surface area contributed by atoms with Gasteiger partial charge in [-0.1, -0.05) is 74.6 Å². The number of hydrogen-bond donors (Lipinski definition) is 1. The molecule has 176 valence electrons. The molecule has 1 fully saturated rings. The number of amides is 1. The lowest BCUT2D eigenvalue weighted by atomic mass is 9.84. The molecule has 0 aliphatic heterocycles. The van der Waals surface area contributed by atoms with Crippen LogP contribution in [0.3, 0.4) is 0 Å². The molecule has 32 heavy (non-hydrogen) atoms. The SMILES string of the molecule is CCOC(OCC)C(C)N(Cc1cccc2ccccc12)C(=O)C(N)CC1CCCCC1. The van der Waals surface area contributed by atoms with E-state index in [1.54, 1.807) is 0 Å². The van der Waals surface area contributed by atoms with E-state index in [2.05, 4.69) is 30.3 Å². The van der Waals surface area contributed by atoms with Gasteiger partial charge in [0.25, 0.3) is 0 Å². The largest absolute Gasteiger partial charge is 0.351 e. The molecular weight excluding hydrogens is 400 g/mol. The molecule has 1 aliphatic rings. The molecule has 0 spiro atoms. The van der Waals surface area contributed by atoms with E-state index < -0.39 is 12.3 Å². The van der Waals surface area contributed by atoms with E-state index >= 15 is 0 Å². The molecule has 1 saturated carbocycles. The third-order valence-corrected chi connectivity index (χ3v) is 6.68. The van der Waals surface area contributed by atoms with Crippen molar-refractivity contribution >= 4 is 16.7 Å². The molecule has 0 aromatic heterocycles. The Labute approximate surface area is 193 Å². The first-order valence-corrected chi connectivity index (χ1v) is 12.3. The summed E-state index contributed by atoms with van der Waals surface area (Å²) in [5.74, 6) is 0.535. The van der Waals surface area contributed by atoms with Gasteiger partial charge in [0.2, 0.25) is 5.91 Å². The summed E-state index contributed by atoms with van der Waals surface area (Å²) in [6.07, 6.45) is 6.43. The Morgan fingerprint density at radius 3 is 2.38 bits per heavy atom. The van der Waals surface area contributed by atoms with Gasteiger partial charge >= 0.3 is 0 Å². The molecule has 0 heterocycles. The summed E-state index contributed by atoms with van der Waals surface area (Å²) in [7, 11) is 0. The fourth-order valence-electron chi connectivity index (χ4n) is 4.93. The first-order chi connectivity index (χ1) is 15.5. The van der Waals surface area contributed by atoms with Crippen LogP contribution in [0.1, 0.15) is 64.9 Å². The number of rotatable bonds is 11. The number of fused-ring (bicyclic) bond motifs is 1. The number of hydrogen-bond acceptors (Lipinski definition) is 4. The maximum atomic E-state index is 13.7. The molecule has 2 aromatic rings. The first kappa shape index (κ1) is 24.7. The number of ether oxygens (including phenoxy) is 2. The third-order valence-electron chi connectivity index (χ3n) is 6.68. The number of carbonyl (C=O) groups excluding carboxylic acids is 1. The fourth-order valence-corrected chi connectivity index (χ4v) is 4.93. The van der Waals surface area contributed by atoms with Gasteiger partial charge in [0.05, 0.1) is 12.1 Å². The smallest absolute Gasteiger partial charge is 0.240 e. The quantitative estimate of drug-likeness (QED) is 0.485. The van der Waals surface area contributed by atoms with Gasteiger partial charge in [0, 0.05) is 19.8 Å².